The van der Waals surface area contributed by atoms with E-state index in [1.165, 1.54) is 23.0 Å². The SMILES string of the molecule is CC[C@H](NC(=O)[C@H](C(C)C)N(C)C(=O)C1(F)CCN(C(=O)/C=C/CN(C)C)CC1)C(=O)N1CCC[C@@H](C(=O)OCC(C)(C)Cc2c(-c3cccnc3[C@H](C)OC)n(CC)c3ccc(N4CCOCC4)cc23)N1. The number of carbonyl (C=O) groups is 5. The summed E-state index contributed by atoms with van der Waals surface area (Å²) in [4.78, 5) is 80.3. The second kappa shape index (κ2) is 24.5. The van der Waals surface area contributed by atoms with E-state index in [2.05, 4.69) is 65.2 Å². The molecule has 3 aliphatic rings. The van der Waals surface area contributed by atoms with Crippen LogP contribution in [0.25, 0.3) is 22.2 Å². The minimum atomic E-state index is -2.26. The number of aryl methyl sites for hydroxylation is 1. The lowest BCUT2D eigenvalue weighted by Gasteiger charge is -2.40. The van der Waals surface area contributed by atoms with Crippen LogP contribution in [0.4, 0.5) is 10.1 Å². The number of piperidine rings is 1. The van der Waals surface area contributed by atoms with Crippen LogP contribution >= 0.6 is 0 Å². The molecule has 0 bridgehead atoms. The van der Waals surface area contributed by atoms with E-state index in [-0.39, 0.29) is 51.0 Å². The number of methoxy groups -OCH3 is 1. The normalized spacial score (nSPS) is 18.9. The van der Waals surface area contributed by atoms with Gasteiger partial charge in [0.25, 0.3) is 11.8 Å². The van der Waals surface area contributed by atoms with E-state index in [0.29, 0.717) is 52.1 Å². The fourth-order valence-electron chi connectivity index (χ4n) is 10.2. The van der Waals surface area contributed by atoms with E-state index >= 15 is 4.39 Å². The molecule has 2 N–H and O–H groups in total. The highest BCUT2D eigenvalue weighted by Crippen LogP contribution is 2.42. The number of likely N-dealkylation sites (tertiary alicyclic amines) is 1. The number of hydrogen-bond acceptors (Lipinski definition) is 12. The summed E-state index contributed by atoms with van der Waals surface area (Å²) >= 11 is 0. The van der Waals surface area contributed by atoms with Gasteiger partial charge in [-0.3, -0.25) is 34.0 Å². The molecule has 5 heterocycles. The van der Waals surface area contributed by atoms with Crippen LogP contribution in [-0.2, 0) is 51.1 Å². The number of nitrogens with one attached hydrogen (secondary N) is 2. The third-order valence-corrected chi connectivity index (χ3v) is 14.3. The van der Waals surface area contributed by atoms with Gasteiger partial charge in [-0.05, 0) is 95.4 Å². The molecule has 4 atom stereocenters. The molecular formula is C54H80FN9O8. The van der Waals surface area contributed by atoms with Crippen LogP contribution in [0.15, 0.2) is 48.7 Å². The van der Waals surface area contributed by atoms with Crippen LogP contribution in [0.3, 0.4) is 0 Å². The van der Waals surface area contributed by atoms with Gasteiger partial charge in [-0.2, -0.15) is 0 Å². The highest BCUT2D eigenvalue weighted by Gasteiger charge is 2.47. The predicted octanol–water partition coefficient (Wildman–Crippen LogP) is 5.70. The standard InChI is InChI=1S/C54H80FN9O8/c1-12-42(57-49(66)47(36(3)4)60(10)52(69)54(55)22-27-62(28-23-54)45(65)19-16-25-59(8)9)50(67)64-26-15-18-43(58-64)51(68)72-35-53(6,7)34-41-40-33-38(61-29-31-71-32-30-61)20-21-44(40)63(13-2)48(41)39-17-14-24-56-46(39)37(5)70-11/h14,16-17,19-21,24,33,36-37,42-43,47,58H,12-13,15,18,22-23,25-32,34-35H2,1-11H3,(H,57,66)/b19-16+/t37-,42-,43-,47-/m0/s1. The van der Waals surface area contributed by atoms with Gasteiger partial charge in [0.2, 0.25) is 11.8 Å². The summed E-state index contributed by atoms with van der Waals surface area (Å²) in [6, 6.07) is 7.82. The first-order valence-electron chi connectivity index (χ1n) is 25.8. The molecule has 1 aromatic carbocycles. The number of morpholine rings is 1. The van der Waals surface area contributed by atoms with Crippen molar-refractivity contribution in [3.05, 3.63) is 59.9 Å². The van der Waals surface area contributed by atoms with Crippen molar-refractivity contribution in [1.82, 2.24) is 40.0 Å². The zero-order valence-corrected chi connectivity index (χ0v) is 44.6. The molecule has 0 saturated carbocycles. The largest absolute Gasteiger partial charge is 0.464 e. The summed E-state index contributed by atoms with van der Waals surface area (Å²) in [7, 11) is 6.87. The number of rotatable bonds is 20. The molecule has 72 heavy (non-hydrogen) atoms. The van der Waals surface area contributed by atoms with Gasteiger partial charge in [0.1, 0.15) is 18.1 Å². The van der Waals surface area contributed by atoms with Gasteiger partial charge in [-0.15, -0.1) is 0 Å². The van der Waals surface area contributed by atoms with E-state index in [4.69, 9.17) is 19.2 Å². The van der Waals surface area contributed by atoms with Crippen LogP contribution in [0.1, 0.15) is 97.9 Å². The van der Waals surface area contributed by atoms with Gasteiger partial charge >= 0.3 is 5.97 Å². The monoisotopic (exact) mass is 1000 g/mol. The van der Waals surface area contributed by atoms with Gasteiger partial charge in [-0.25, -0.2) is 9.82 Å². The molecule has 18 heteroatoms. The summed E-state index contributed by atoms with van der Waals surface area (Å²) < 4.78 is 36.3. The lowest BCUT2D eigenvalue weighted by atomic mass is 9.84. The van der Waals surface area contributed by atoms with Crippen LogP contribution in [0.2, 0.25) is 0 Å². The maximum Gasteiger partial charge on any atom is 0.324 e. The number of anilines is 1. The average molecular weight is 1000 g/mol. The van der Waals surface area contributed by atoms with Crippen LogP contribution in [0.5, 0.6) is 0 Å². The van der Waals surface area contributed by atoms with Gasteiger partial charge in [-0.1, -0.05) is 40.7 Å². The zero-order chi connectivity index (χ0) is 52.5. The minimum Gasteiger partial charge on any atom is -0.464 e. The quantitative estimate of drug-likeness (QED) is 0.105. The highest BCUT2D eigenvalue weighted by molar-refractivity contribution is 5.96. The Hall–Kier alpha value is -5.43. The summed E-state index contributed by atoms with van der Waals surface area (Å²) in [6.07, 6.45) is 6.10. The fraction of sp³-hybridized carbons (Fsp3) is 0.630. The molecule has 6 rings (SSSR count). The number of nitrogens with zero attached hydrogens (tertiary/aromatic N) is 7. The number of aromatic nitrogens is 2. The van der Waals surface area contributed by atoms with E-state index in [1.54, 1.807) is 40.2 Å². The van der Waals surface area contributed by atoms with Crippen molar-refractivity contribution < 1.29 is 42.6 Å². The maximum atomic E-state index is 16.4. The molecule has 4 amide bonds. The molecule has 2 aromatic heterocycles. The molecule has 3 aliphatic heterocycles. The Morgan fingerprint density at radius 1 is 1.03 bits per heavy atom. The van der Waals surface area contributed by atoms with Crippen molar-refractivity contribution in [2.24, 2.45) is 11.3 Å². The Labute approximate surface area is 425 Å². The van der Waals surface area contributed by atoms with Crippen molar-refractivity contribution in [2.45, 2.75) is 123 Å². The van der Waals surface area contributed by atoms with Crippen molar-refractivity contribution in [3.8, 4) is 11.3 Å². The summed E-state index contributed by atoms with van der Waals surface area (Å²) in [6.45, 7) is 18.4. The number of ether oxygens (including phenoxy) is 3. The van der Waals surface area contributed by atoms with Crippen LogP contribution in [0, 0.1) is 11.3 Å². The Bertz CT molecular complexity index is 2410. The molecule has 3 saturated heterocycles. The van der Waals surface area contributed by atoms with Gasteiger partial charge < -0.3 is 43.7 Å². The maximum absolute atomic E-state index is 16.4. The van der Waals surface area contributed by atoms with E-state index < -0.39 is 58.8 Å². The molecule has 396 valence electrons. The summed E-state index contributed by atoms with van der Waals surface area (Å²) in [5.74, 6) is -3.01. The fourth-order valence-corrected chi connectivity index (χ4v) is 10.2. The number of alkyl halides is 1. The molecule has 0 radical (unpaired) electrons. The third-order valence-electron chi connectivity index (χ3n) is 14.3. The van der Waals surface area contributed by atoms with E-state index in [0.717, 1.165) is 57.1 Å². The van der Waals surface area contributed by atoms with E-state index in [1.807, 2.05) is 32.0 Å². The number of esters is 1. The number of benzene rings is 1. The summed E-state index contributed by atoms with van der Waals surface area (Å²) in [5, 5.41) is 5.34. The number of carbonyl (C=O) groups excluding carboxylic acids is 5. The number of pyridine rings is 1. The number of amides is 4. The lowest BCUT2D eigenvalue weighted by Crippen LogP contribution is -2.62. The number of likely N-dealkylation sites (N-methyl/N-ethyl adjacent to an activating group) is 2. The molecule has 0 aliphatic carbocycles. The number of fused-ring (bicyclic) bond motifs is 1. The smallest absolute Gasteiger partial charge is 0.324 e. The highest BCUT2D eigenvalue weighted by atomic mass is 19.1. The number of hydrazine groups is 1. The lowest BCUT2D eigenvalue weighted by molar-refractivity contribution is -0.156. The Balaban J connectivity index is 1.12. The molecular weight excluding hydrogens is 922 g/mol. The first-order valence-corrected chi connectivity index (χ1v) is 25.8. The Morgan fingerprint density at radius 2 is 1.74 bits per heavy atom. The predicted molar refractivity (Wildman–Crippen MR) is 277 cm³/mol. The minimum absolute atomic E-state index is 0.0623. The van der Waals surface area contributed by atoms with Crippen LogP contribution < -0.4 is 15.6 Å². The second-order valence-corrected chi connectivity index (χ2v) is 21.0. The van der Waals surface area contributed by atoms with Crippen molar-refractivity contribution in [2.75, 3.05) is 92.2 Å². The summed E-state index contributed by atoms with van der Waals surface area (Å²) in [5.41, 5.74) is 6.52. The topological polar surface area (TPSA) is 171 Å². The van der Waals surface area contributed by atoms with Gasteiger partial charge in [0.15, 0.2) is 5.67 Å². The second-order valence-electron chi connectivity index (χ2n) is 21.0. The zero-order valence-electron chi connectivity index (χ0n) is 44.6. The number of halogens is 1. The first-order chi connectivity index (χ1) is 34.2. The van der Waals surface area contributed by atoms with Crippen molar-refractivity contribution in [3.63, 3.8) is 0 Å². The van der Waals surface area contributed by atoms with E-state index in [9.17, 15) is 24.0 Å². The van der Waals surface area contributed by atoms with Crippen molar-refractivity contribution >= 4 is 46.2 Å². The first kappa shape index (κ1) is 55.9. The Kier molecular flexibility index (Phi) is 19.0. The molecule has 0 unspecified atom stereocenters. The molecule has 17 nitrogen and oxygen atoms in total. The number of hydrogen-bond donors (Lipinski definition) is 2. The molecule has 0 spiro atoms. The van der Waals surface area contributed by atoms with Crippen molar-refractivity contribution in [1.29, 1.82) is 0 Å². The third kappa shape index (κ3) is 13.0. The Morgan fingerprint density at radius 3 is 2.38 bits per heavy atom. The van der Waals surface area contributed by atoms with Gasteiger partial charge in [0.05, 0.1) is 37.3 Å². The van der Waals surface area contributed by atoms with Gasteiger partial charge in [0, 0.05) is 113 Å². The average Bonchev–Trinajstić information content (AvgIpc) is 3.67. The molecule has 3 aromatic rings. The molecule has 3 fully saturated rings. The van der Waals surface area contributed by atoms with Crippen LogP contribution in [-0.4, -0.2) is 170 Å².